The molecule has 0 N–H and O–H groups in total. The molecule has 2 aliphatic rings. The molecule has 3 heterocycles. The van der Waals surface area contributed by atoms with E-state index in [-0.39, 0.29) is 5.91 Å². The number of ether oxygens (including phenoxy) is 2. The first-order valence-corrected chi connectivity index (χ1v) is 10.3. The molecule has 1 amide bonds. The van der Waals surface area contributed by atoms with E-state index >= 15 is 0 Å². The molecule has 0 saturated carbocycles. The van der Waals surface area contributed by atoms with E-state index in [1.807, 2.05) is 36.1 Å². The molecule has 7 nitrogen and oxygen atoms in total. The Bertz CT molecular complexity index is 804. The highest BCUT2D eigenvalue weighted by Crippen LogP contribution is 2.21. The summed E-state index contributed by atoms with van der Waals surface area (Å²) in [6, 6.07) is 8.36. The van der Waals surface area contributed by atoms with Crippen molar-refractivity contribution < 1.29 is 14.3 Å². The van der Waals surface area contributed by atoms with Crippen molar-refractivity contribution in [1.82, 2.24) is 14.9 Å². The van der Waals surface area contributed by atoms with E-state index in [0.717, 1.165) is 62.5 Å². The van der Waals surface area contributed by atoms with Crippen LogP contribution in [0.5, 0.6) is 6.01 Å². The number of rotatable bonds is 5. The van der Waals surface area contributed by atoms with Gasteiger partial charge in [0.05, 0.1) is 19.8 Å². The van der Waals surface area contributed by atoms with Gasteiger partial charge in [0, 0.05) is 55.7 Å². The van der Waals surface area contributed by atoms with Crippen molar-refractivity contribution in [2.75, 3.05) is 50.9 Å². The number of nitrogens with zero attached hydrogens (tertiary/aromatic N) is 4. The number of hydrogen-bond acceptors (Lipinski definition) is 6. The average molecular weight is 396 g/mol. The van der Waals surface area contributed by atoms with E-state index in [1.165, 1.54) is 0 Å². The number of carbonyl (C=O) groups is 1. The molecule has 4 rings (SSSR count). The number of anilines is 1. The van der Waals surface area contributed by atoms with Gasteiger partial charge in [0.2, 0.25) is 0 Å². The zero-order valence-electron chi connectivity index (χ0n) is 16.9. The molecule has 0 radical (unpaired) electrons. The predicted octanol–water partition coefficient (Wildman–Crippen LogP) is 2.55. The lowest BCUT2D eigenvalue weighted by Gasteiger charge is -2.33. The van der Waals surface area contributed by atoms with Gasteiger partial charge in [-0.2, -0.15) is 0 Å². The Morgan fingerprint density at radius 2 is 1.86 bits per heavy atom. The summed E-state index contributed by atoms with van der Waals surface area (Å²) in [5, 5.41) is 0. The summed E-state index contributed by atoms with van der Waals surface area (Å²) in [6.07, 6.45) is 5.53. The monoisotopic (exact) mass is 396 g/mol. The Hall–Kier alpha value is -2.67. The molecule has 1 unspecified atom stereocenters. The third-order valence-corrected chi connectivity index (χ3v) is 5.50. The second-order valence-electron chi connectivity index (χ2n) is 7.76. The van der Waals surface area contributed by atoms with Crippen LogP contribution >= 0.6 is 0 Å². The van der Waals surface area contributed by atoms with Crippen molar-refractivity contribution in [2.45, 2.75) is 19.8 Å². The summed E-state index contributed by atoms with van der Waals surface area (Å²) in [4.78, 5) is 25.6. The van der Waals surface area contributed by atoms with E-state index < -0.39 is 0 Å². The molecule has 0 bridgehead atoms. The zero-order valence-corrected chi connectivity index (χ0v) is 16.9. The molecular formula is C22H28N4O3. The van der Waals surface area contributed by atoms with Gasteiger partial charge in [-0.1, -0.05) is 0 Å². The van der Waals surface area contributed by atoms with Gasteiger partial charge in [0.15, 0.2) is 0 Å². The van der Waals surface area contributed by atoms with E-state index in [0.29, 0.717) is 25.1 Å². The number of hydrogen-bond donors (Lipinski definition) is 0. The van der Waals surface area contributed by atoms with Crippen LogP contribution in [-0.4, -0.2) is 66.8 Å². The molecule has 2 aliphatic heterocycles. The fraction of sp³-hybridized carbons (Fsp3) is 0.500. The average Bonchev–Trinajstić information content (AvgIpc) is 2.79. The van der Waals surface area contributed by atoms with Gasteiger partial charge in [-0.25, -0.2) is 9.97 Å². The number of morpholine rings is 1. The molecule has 2 saturated heterocycles. The van der Waals surface area contributed by atoms with Crippen LogP contribution in [0.15, 0.2) is 36.7 Å². The number of aryl methyl sites for hydroxylation is 1. The van der Waals surface area contributed by atoms with E-state index in [2.05, 4.69) is 14.9 Å². The lowest BCUT2D eigenvalue weighted by molar-refractivity contribution is 0.0628. The molecule has 0 spiro atoms. The Morgan fingerprint density at radius 3 is 2.59 bits per heavy atom. The third kappa shape index (κ3) is 5.03. The minimum atomic E-state index is 0.0924. The summed E-state index contributed by atoms with van der Waals surface area (Å²) >= 11 is 0. The van der Waals surface area contributed by atoms with Gasteiger partial charge >= 0.3 is 6.01 Å². The number of aromatic nitrogens is 2. The lowest BCUT2D eigenvalue weighted by atomic mass is 9.98. The number of piperidine rings is 1. The predicted molar refractivity (Wildman–Crippen MR) is 110 cm³/mol. The molecule has 0 aliphatic carbocycles. The van der Waals surface area contributed by atoms with E-state index in [4.69, 9.17) is 9.47 Å². The third-order valence-electron chi connectivity index (χ3n) is 5.50. The molecule has 154 valence electrons. The van der Waals surface area contributed by atoms with Crippen molar-refractivity contribution in [1.29, 1.82) is 0 Å². The van der Waals surface area contributed by atoms with Crippen molar-refractivity contribution in [3.05, 3.63) is 47.8 Å². The van der Waals surface area contributed by atoms with Crippen LogP contribution < -0.4 is 9.64 Å². The van der Waals surface area contributed by atoms with Crippen molar-refractivity contribution in [2.24, 2.45) is 5.92 Å². The number of carbonyl (C=O) groups excluding carboxylic acids is 1. The lowest BCUT2D eigenvalue weighted by Crippen LogP contribution is -2.41. The molecule has 29 heavy (non-hydrogen) atoms. The second kappa shape index (κ2) is 9.22. The summed E-state index contributed by atoms with van der Waals surface area (Å²) < 4.78 is 11.1. The van der Waals surface area contributed by atoms with Crippen LogP contribution in [0, 0.1) is 12.8 Å². The van der Waals surface area contributed by atoms with Crippen molar-refractivity contribution in [3.63, 3.8) is 0 Å². The van der Waals surface area contributed by atoms with Crippen LogP contribution in [0.3, 0.4) is 0 Å². The number of benzene rings is 1. The molecule has 2 fully saturated rings. The summed E-state index contributed by atoms with van der Waals surface area (Å²) in [7, 11) is 0. The van der Waals surface area contributed by atoms with Crippen LogP contribution in [0.25, 0.3) is 0 Å². The summed E-state index contributed by atoms with van der Waals surface area (Å²) in [6.45, 7) is 7.27. The van der Waals surface area contributed by atoms with Crippen LogP contribution in [0.4, 0.5) is 5.69 Å². The van der Waals surface area contributed by atoms with Crippen molar-refractivity contribution in [3.8, 4) is 6.01 Å². The van der Waals surface area contributed by atoms with Gasteiger partial charge < -0.3 is 19.3 Å². The summed E-state index contributed by atoms with van der Waals surface area (Å²) in [5.41, 5.74) is 2.89. The fourth-order valence-electron chi connectivity index (χ4n) is 3.85. The van der Waals surface area contributed by atoms with Gasteiger partial charge in [0.1, 0.15) is 0 Å². The number of likely N-dealkylation sites (tertiary alicyclic amines) is 1. The largest absolute Gasteiger partial charge is 0.463 e. The fourth-order valence-corrected chi connectivity index (χ4v) is 3.85. The van der Waals surface area contributed by atoms with E-state index in [9.17, 15) is 4.79 Å². The smallest absolute Gasteiger partial charge is 0.316 e. The number of amides is 1. The van der Waals surface area contributed by atoms with E-state index in [1.54, 1.807) is 12.4 Å². The first-order chi connectivity index (χ1) is 14.2. The Morgan fingerprint density at radius 1 is 1.14 bits per heavy atom. The van der Waals surface area contributed by atoms with Gasteiger partial charge in [0.25, 0.3) is 5.91 Å². The quantitative estimate of drug-likeness (QED) is 0.774. The normalized spacial score (nSPS) is 19.8. The molecule has 7 heteroatoms. The highest BCUT2D eigenvalue weighted by molar-refractivity contribution is 5.94. The first-order valence-electron chi connectivity index (χ1n) is 10.3. The molecule has 1 aromatic heterocycles. The minimum Gasteiger partial charge on any atom is -0.463 e. The first kappa shape index (κ1) is 19.6. The highest BCUT2D eigenvalue weighted by atomic mass is 16.5. The van der Waals surface area contributed by atoms with Gasteiger partial charge in [-0.3, -0.25) is 4.79 Å². The van der Waals surface area contributed by atoms with Gasteiger partial charge in [-0.15, -0.1) is 0 Å². The van der Waals surface area contributed by atoms with Crippen LogP contribution in [-0.2, 0) is 4.74 Å². The molecular weight excluding hydrogens is 368 g/mol. The topological polar surface area (TPSA) is 67.8 Å². The van der Waals surface area contributed by atoms with Gasteiger partial charge in [-0.05, 0) is 49.6 Å². The maximum atomic E-state index is 13.0. The summed E-state index contributed by atoms with van der Waals surface area (Å²) in [5.74, 6) is 0.389. The molecule has 1 aromatic carbocycles. The zero-order chi connectivity index (χ0) is 20.1. The Balaban J connectivity index is 1.32. The Labute approximate surface area is 171 Å². The molecule has 2 aromatic rings. The van der Waals surface area contributed by atoms with Crippen LogP contribution in [0.2, 0.25) is 0 Å². The van der Waals surface area contributed by atoms with Crippen LogP contribution in [0.1, 0.15) is 28.8 Å². The SMILES string of the molecule is Cc1cnc(OCC2CCCN(C(=O)c3ccc(N4CCOCC4)cc3)C2)nc1. The minimum absolute atomic E-state index is 0.0924. The van der Waals surface area contributed by atoms with Crippen molar-refractivity contribution >= 4 is 11.6 Å². The Kier molecular flexibility index (Phi) is 6.24. The maximum absolute atomic E-state index is 13.0. The second-order valence-corrected chi connectivity index (χ2v) is 7.76. The molecule has 1 atom stereocenters. The standard InChI is InChI=1S/C22H28N4O3/c1-17-13-23-22(24-14-17)29-16-18-3-2-8-26(15-18)21(27)19-4-6-20(7-5-19)25-9-11-28-12-10-25/h4-7,13-14,18H,2-3,8-12,15-16H2,1H3. The highest BCUT2D eigenvalue weighted by Gasteiger charge is 2.25. The maximum Gasteiger partial charge on any atom is 0.316 e.